The van der Waals surface area contributed by atoms with Crippen molar-refractivity contribution < 1.29 is 9.90 Å². The Hall–Kier alpha value is -2.09. The summed E-state index contributed by atoms with van der Waals surface area (Å²) in [6.07, 6.45) is 0. The van der Waals surface area contributed by atoms with Crippen molar-refractivity contribution in [2.24, 2.45) is 5.41 Å². The molecule has 2 aromatic carbocycles. The maximum absolute atomic E-state index is 10.8. The minimum atomic E-state index is -0.897. The molecule has 21 heavy (non-hydrogen) atoms. The lowest BCUT2D eigenvalue weighted by Crippen LogP contribution is -2.09. The van der Waals surface area contributed by atoms with E-state index in [2.05, 4.69) is 50.5 Å². The normalized spacial score (nSPS) is 10.6. The number of rotatable bonds is 2. The minimum absolute atomic E-state index is 0.115. The number of carbonyl (C=O) groups is 1. The molecule has 0 amide bonds. The Balaban J connectivity index is 2.22. The minimum Gasteiger partial charge on any atom is -0.478 e. The summed E-state index contributed by atoms with van der Waals surface area (Å²) in [6.45, 7) is 6.45. The zero-order valence-corrected chi connectivity index (χ0v) is 13.5. The average molecular weight is 294 g/mol. The standard InChI is InChI=1S/C18H18O2Si/c1-18(2,3)12-21-16-10-8-14(9-11-16)13-4-6-15(7-5-13)17(19)20/h4-11H,1-3H3,(H,19,20). The van der Waals surface area contributed by atoms with Gasteiger partial charge in [0.1, 0.15) is 0 Å². The Kier molecular flexibility index (Phi) is 4.46. The van der Waals surface area contributed by atoms with E-state index < -0.39 is 5.97 Å². The molecule has 0 aromatic heterocycles. The first-order valence-electron chi connectivity index (χ1n) is 6.82. The maximum atomic E-state index is 10.8. The van der Waals surface area contributed by atoms with Crippen LogP contribution in [-0.2, 0) is 0 Å². The lowest BCUT2D eigenvalue weighted by Gasteiger charge is -2.07. The van der Waals surface area contributed by atoms with E-state index in [0.717, 1.165) is 11.1 Å². The molecule has 0 heterocycles. The van der Waals surface area contributed by atoms with Gasteiger partial charge in [0.05, 0.1) is 5.56 Å². The Labute approximate surface area is 127 Å². The molecule has 0 saturated heterocycles. The third-order valence-corrected chi connectivity index (χ3v) is 4.43. The Morgan fingerprint density at radius 2 is 1.43 bits per heavy atom. The van der Waals surface area contributed by atoms with Crippen LogP contribution >= 0.6 is 0 Å². The molecule has 0 radical (unpaired) electrons. The van der Waals surface area contributed by atoms with Crippen LogP contribution in [0.3, 0.4) is 0 Å². The summed E-state index contributed by atoms with van der Waals surface area (Å²) < 4.78 is 0. The molecular weight excluding hydrogens is 276 g/mol. The van der Waals surface area contributed by atoms with Gasteiger partial charge in [-0.2, -0.15) is 0 Å². The summed E-state index contributed by atoms with van der Waals surface area (Å²) >= 11 is 0. The Bertz CT molecular complexity index is 696. The second-order valence-corrected chi connectivity index (χ2v) is 7.04. The molecule has 0 aliphatic heterocycles. The summed E-state index contributed by atoms with van der Waals surface area (Å²) in [5.74, 6) is -0.897. The highest BCUT2D eigenvalue weighted by Crippen LogP contribution is 2.18. The monoisotopic (exact) mass is 294 g/mol. The molecule has 0 unspecified atom stereocenters. The number of hydrogen-bond donors (Lipinski definition) is 1. The second kappa shape index (κ2) is 6.13. The van der Waals surface area contributed by atoms with E-state index in [9.17, 15) is 4.79 Å². The van der Waals surface area contributed by atoms with Gasteiger partial charge in [0.25, 0.3) is 0 Å². The number of carboxylic acids is 1. The molecule has 3 heteroatoms. The van der Waals surface area contributed by atoms with Crippen LogP contribution in [0.2, 0.25) is 0 Å². The quantitative estimate of drug-likeness (QED) is 0.862. The summed E-state index contributed by atoms with van der Waals surface area (Å²) in [4.78, 5) is 10.8. The van der Waals surface area contributed by atoms with E-state index in [1.54, 1.807) is 12.1 Å². The van der Waals surface area contributed by atoms with E-state index >= 15 is 0 Å². The first-order chi connectivity index (χ1) is 9.85. The molecule has 2 rings (SSSR count). The fraction of sp³-hybridized carbons (Fsp3) is 0.222. The summed E-state index contributed by atoms with van der Waals surface area (Å²) in [6, 6.07) is 15.3. The Morgan fingerprint density at radius 1 is 0.952 bits per heavy atom. The van der Waals surface area contributed by atoms with Gasteiger partial charge >= 0.3 is 5.97 Å². The highest BCUT2D eigenvalue weighted by molar-refractivity contribution is 6.43. The van der Waals surface area contributed by atoms with Gasteiger partial charge in [0.2, 0.25) is 0 Å². The van der Waals surface area contributed by atoms with Crippen molar-refractivity contribution >= 4 is 20.1 Å². The van der Waals surface area contributed by atoms with Gasteiger partial charge in [-0.3, -0.25) is 0 Å². The van der Waals surface area contributed by atoms with Crippen molar-refractivity contribution in [1.29, 1.82) is 0 Å². The van der Waals surface area contributed by atoms with Crippen molar-refractivity contribution in [1.82, 2.24) is 0 Å². The lowest BCUT2D eigenvalue weighted by atomic mass is 10.0. The van der Waals surface area contributed by atoms with Crippen molar-refractivity contribution in [3.63, 3.8) is 0 Å². The molecule has 1 N–H and O–H groups in total. The summed E-state index contributed by atoms with van der Waals surface area (Å²) in [5.41, 5.74) is 6.03. The fourth-order valence-corrected chi connectivity index (χ4v) is 2.66. The lowest BCUT2D eigenvalue weighted by molar-refractivity contribution is 0.0697. The first-order valence-corrected chi connectivity index (χ1v) is 7.82. The second-order valence-electron chi connectivity index (χ2n) is 5.96. The molecule has 0 aliphatic rings. The molecule has 0 saturated carbocycles. The van der Waals surface area contributed by atoms with Crippen LogP contribution in [0.4, 0.5) is 0 Å². The fourth-order valence-electron chi connectivity index (χ4n) is 1.81. The van der Waals surface area contributed by atoms with E-state index in [0.29, 0.717) is 14.5 Å². The number of carboxylic acid groups (broad SMARTS) is 1. The molecule has 106 valence electrons. The van der Waals surface area contributed by atoms with Crippen LogP contribution in [0.25, 0.3) is 11.1 Å². The van der Waals surface area contributed by atoms with E-state index in [4.69, 9.17) is 5.11 Å². The van der Waals surface area contributed by atoms with Crippen LogP contribution < -0.4 is 5.19 Å². The van der Waals surface area contributed by atoms with Gasteiger partial charge in [0.15, 0.2) is 0 Å². The predicted octanol–water partition coefficient (Wildman–Crippen LogP) is 3.39. The molecule has 0 atom stereocenters. The molecule has 2 aromatic rings. The highest BCUT2D eigenvalue weighted by atomic mass is 28.2. The third-order valence-electron chi connectivity index (χ3n) is 2.93. The van der Waals surface area contributed by atoms with Crippen LogP contribution in [0.5, 0.6) is 0 Å². The largest absolute Gasteiger partial charge is 0.478 e. The van der Waals surface area contributed by atoms with Crippen molar-refractivity contribution in [2.45, 2.75) is 20.8 Å². The first kappa shape index (κ1) is 15.3. The van der Waals surface area contributed by atoms with Crippen molar-refractivity contribution in [3.05, 3.63) is 54.1 Å². The van der Waals surface area contributed by atoms with Gasteiger partial charge in [0, 0.05) is 14.4 Å². The van der Waals surface area contributed by atoms with Crippen LogP contribution in [0.15, 0.2) is 48.5 Å². The third kappa shape index (κ3) is 4.45. The van der Waals surface area contributed by atoms with Crippen LogP contribution in [0.1, 0.15) is 31.1 Å². The smallest absolute Gasteiger partial charge is 0.335 e. The molecule has 2 nitrogen and oxygen atoms in total. The topological polar surface area (TPSA) is 37.3 Å². The highest BCUT2D eigenvalue weighted by Gasteiger charge is 2.04. The summed E-state index contributed by atoms with van der Waals surface area (Å²) in [5, 5.41) is 10.2. The average Bonchev–Trinajstić information content (AvgIpc) is 2.45. The molecular formula is C18H18O2Si. The Morgan fingerprint density at radius 3 is 1.86 bits per heavy atom. The summed E-state index contributed by atoms with van der Waals surface area (Å²) in [7, 11) is 0.577. The van der Waals surface area contributed by atoms with Crippen molar-refractivity contribution in [3.8, 4) is 16.6 Å². The molecule has 0 bridgehead atoms. The number of benzene rings is 2. The SMILES string of the molecule is CC(C)(C)C#[Si]c1ccc(-c2ccc(C(=O)O)cc2)cc1. The molecule has 0 fully saturated rings. The van der Waals surface area contributed by atoms with Crippen LogP contribution in [-0.4, -0.2) is 20.0 Å². The van der Waals surface area contributed by atoms with Gasteiger partial charge in [-0.25, -0.2) is 4.79 Å². The van der Waals surface area contributed by atoms with E-state index in [1.807, 2.05) is 12.1 Å². The van der Waals surface area contributed by atoms with Gasteiger partial charge < -0.3 is 5.11 Å². The van der Waals surface area contributed by atoms with Gasteiger partial charge in [-0.1, -0.05) is 36.4 Å². The number of aromatic carboxylic acids is 1. The van der Waals surface area contributed by atoms with Crippen LogP contribution in [0, 0.1) is 10.9 Å². The molecule has 0 spiro atoms. The molecule has 0 aliphatic carbocycles. The zero-order chi connectivity index (χ0) is 15.5. The number of hydrogen-bond acceptors (Lipinski definition) is 1. The van der Waals surface area contributed by atoms with Gasteiger partial charge in [-0.05, 0) is 49.2 Å². The van der Waals surface area contributed by atoms with Crippen molar-refractivity contribution in [2.75, 3.05) is 0 Å². The van der Waals surface area contributed by atoms with E-state index in [-0.39, 0.29) is 5.41 Å². The predicted molar refractivity (Wildman–Crippen MR) is 87.6 cm³/mol. The maximum Gasteiger partial charge on any atom is 0.335 e. The zero-order valence-electron chi connectivity index (χ0n) is 12.5. The van der Waals surface area contributed by atoms with E-state index in [1.165, 1.54) is 5.19 Å². The van der Waals surface area contributed by atoms with Gasteiger partial charge in [-0.15, -0.1) is 5.50 Å².